The molecule has 0 amide bonds. The van der Waals surface area contributed by atoms with Crippen LogP contribution in [0.4, 0.5) is 0 Å². The fraction of sp³-hybridized carbons (Fsp3) is 0. The molecular formula is C117H69N9O4S2. The van der Waals surface area contributed by atoms with Gasteiger partial charge in [0.2, 0.25) is 0 Å². The van der Waals surface area contributed by atoms with E-state index in [9.17, 15) is 0 Å². The van der Waals surface area contributed by atoms with E-state index in [1.54, 1.807) is 11.3 Å². The Hall–Kier alpha value is -17.4. The summed E-state index contributed by atoms with van der Waals surface area (Å²) in [6, 6.07) is 143. The molecule has 0 bridgehead atoms. The first-order valence-electron chi connectivity index (χ1n) is 43.6. The summed E-state index contributed by atoms with van der Waals surface area (Å²) < 4.78 is 31.4. The second-order valence-corrected chi connectivity index (χ2v) is 34.4. The fourth-order valence-corrected chi connectivity index (χ4v) is 20.9. The molecule has 27 aromatic rings. The number of hydrogen-bond donors (Lipinski definition) is 0. The van der Waals surface area contributed by atoms with Gasteiger partial charge in [-0.15, -0.1) is 22.7 Å². The van der Waals surface area contributed by atoms with Gasteiger partial charge in [-0.05, 0) is 36.4 Å². The minimum Gasteiger partial charge on any atom is -0.455 e. The molecule has 0 atom stereocenters. The third-order valence-corrected chi connectivity index (χ3v) is 27.0. The summed E-state index contributed by atoms with van der Waals surface area (Å²) in [7, 11) is 0. The second-order valence-electron chi connectivity index (χ2n) is 32.4. The topological polar surface area (TPSA) is 169 Å². The number of nitrogens with zero attached hydrogens (tertiary/aromatic N) is 9. The molecule has 0 saturated carbocycles. The predicted molar refractivity (Wildman–Crippen MR) is 540 cm³/mol. The van der Waals surface area contributed by atoms with E-state index in [1.807, 2.05) is 242 Å². The summed E-state index contributed by atoms with van der Waals surface area (Å²) in [5.74, 6) is 5.59. The first-order valence-corrected chi connectivity index (χ1v) is 45.2. The zero-order valence-electron chi connectivity index (χ0n) is 70.3. The minimum atomic E-state index is 0.559. The monoisotopic (exact) mass is 1730 g/mol. The molecule has 0 radical (unpaired) electrons. The summed E-state index contributed by atoms with van der Waals surface area (Å²) in [6.45, 7) is 0. The van der Waals surface area contributed by atoms with Gasteiger partial charge < -0.3 is 17.7 Å². The van der Waals surface area contributed by atoms with Gasteiger partial charge in [-0.1, -0.05) is 382 Å². The lowest BCUT2D eigenvalue weighted by Gasteiger charge is -2.09. The van der Waals surface area contributed by atoms with Crippen LogP contribution in [0.3, 0.4) is 0 Å². The van der Waals surface area contributed by atoms with Crippen LogP contribution in [0, 0.1) is 0 Å². The average Bonchev–Trinajstić information content (AvgIpc) is 1.59. The Kier molecular flexibility index (Phi) is 19.0. The lowest BCUT2D eigenvalue weighted by Crippen LogP contribution is -2.00. The standard InChI is InChI=1S/C39H23N3O2.2C39H23N3OS/c1-3-12-24(13-4-1)37-40-38(25-14-5-2-6-15-25)42-39(41-37)32-22-11-21-31-30-20-10-19-29(35(30)44-36(31)32)28-18-9-17-27-26-16-7-8-23-33(26)43-34(27)28;1-3-12-24(13-4-1)37-40-38(25-14-5-2-6-15-25)42-39(41-37)32-22-10-18-28-27-17-9-19-29(34(27)43-35(28)32)31-21-11-20-30-26-16-7-8-23-33(26)44-36(30)31;1-3-12-24(13-4-1)37-40-38(25-14-5-2-6-15-25)42-39(41-37)32-22-11-21-31-30-20-10-19-29(35(30)44-36(31)32)28-18-9-17-27-26-16-7-8-23-33(26)43-34(27)28/h3*1-23H. The van der Waals surface area contributed by atoms with Crippen molar-refractivity contribution in [3.05, 3.63) is 419 Å². The summed E-state index contributed by atoms with van der Waals surface area (Å²) >= 11 is 3.61. The summed E-state index contributed by atoms with van der Waals surface area (Å²) in [5, 5.41) is 13.5. The minimum absolute atomic E-state index is 0.559. The molecule has 13 nitrogen and oxygen atoms in total. The SMILES string of the molecule is c1ccc(-c2nc(-c3ccccc3)nc(-c3cccc4c3oc3c(-c5cccc6c5oc5ccccc56)cccc34)n2)cc1.c1ccc(-c2nc(-c3ccccc3)nc(-c3cccc4c3oc3c(-c5cccc6c5sc5ccccc56)cccc34)n2)cc1.c1ccc(-c2nc(-c3ccccc3)nc(-c3cccc4c3sc3c(-c5cccc6c5oc5ccccc56)cccc34)n2)cc1. The van der Waals surface area contributed by atoms with E-state index in [0.717, 1.165) is 170 Å². The molecule has 18 aromatic carbocycles. The van der Waals surface area contributed by atoms with Gasteiger partial charge in [0.15, 0.2) is 52.4 Å². The Morgan fingerprint density at radius 3 is 0.697 bits per heavy atom. The van der Waals surface area contributed by atoms with Crippen LogP contribution in [0.25, 0.3) is 264 Å². The lowest BCUT2D eigenvalue weighted by molar-refractivity contribution is 0.665. The molecule has 0 fully saturated rings. The van der Waals surface area contributed by atoms with Crippen LogP contribution in [-0.4, -0.2) is 44.9 Å². The van der Waals surface area contributed by atoms with Gasteiger partial charge in [0.05, 0.1) is 11.1 Å². The molecule has 0 spiro atoms. The van der Waals surface area contributed by atoms with Crippen LogP contribution in [0.15, 0.2) is 436 Å². The van der Waals surface area contributed by atoms with E-state index < -0.39 is 0 Å². The van der Waals surface area contributed by atoms with Crippen LogP contribution in [0.1, 0.15) is 0 Å². The van der Waals surface area contributed by atoms with E-state index in [0.29, 0.717) is 52.4 Å². The number of rotatable bonds is 12. The third-order valence-electron chi connectivity index (χ3n) is 24.5. The zero-order chi connectivity index (χ0) is 87.1. The van der Waals surface area contributed by atoms with Crippen molar-refractivity contribution in [1.82, 2.24) is 44.9 Å². The van der Waals surface area contributed by atoms with Crippen molar-refractivity contribution in [3.8, 4) is 136 Å². The smallest absolute Gasteiger partial charge is 0.167 e. The second kappa shape index (κ2) is 32.5. The molecule has 27 rings (SSSR count). The molecule has 0 aliphatic heterocycles. The van der Waals surface area contributed by atoms with Crippen LogP contribution in [-0.2, 0) is 0 Å². The first kappa shape index (κ1) is 77.0. The first-order chi connectivity index (χ1) is 65.4. The fourth-order valence-electron chi connectivity index (χ4n) is 18.3. The molecule has 15 heteroatoms. The van der Waals surface area contributed by atoms with Crippen molar-refractivity contribution in [2.24, 2.45) is 0 Å². The number of thiophene rings is 2. The van der Waals surface area contributed by atoms with E-state index in [2.05, 4.69) is 188 Å². The van der Waals surface area contributed by atoms with Gasteiger partial charge in [-0.2, -0.15) is 0 Å². The van der Waals surface area contributed by atoms with Crippen molar-refractivity contribution in [2.45, 2.75) is 0 Å². The van der Waals surface area contributed by atoms with E-state index in [4.69, 9.17) is 62.5 Å². The summed E-state index contributed by atoms with van der Waals surface area (Å²) in [5.41, 5.74) is 21.4. The Morgan fingerprint density at radius 1 is 0.136 bits per heavy atom. The van der Waals surface area contributed by atoms with Gasteiger partial charge in [0, 0.05) is 156 Å². The van der Waals surface area contributed by atoms with Gasteiger partial charge in [-0.25, -0.2) is 44.9 Å². The molecule has 0 N–H and O–H groups in total. The number of benzene rings is 18. The normalized spacial score (nSPS) is 11.6. The molecule has 0 aliphatic carbocycles. The number of aromatic nitrogens is 9. The number of fused-ring (bicyclic) bond motifs is 18. The Morgan fingerprint density at radius 2 is 0.348 bits per heavy atom. The average molecular weight is 1730 g/mol. The molecule has 0 saturated heterocycles. The maximum atomic E-state index is 6.84. The summed E-state index contributed by atoms with van der Waals surface area (Å²) in [4.78, 5) is 44.6. The van der Waals surface area contributed by atoms with Crippen molar-refractivity contribution in [2.75, 3.05) is 0 Å². The van der Waals surface area contributed by atoms with Gasteiger partial charge in [-0.3, -0.25) is 0 Å². The molecule has 0 aliphatic rings. The Bertz CT molecular complexity index is 8160. The third kappa shape index (κ3) is 13.6. The molecular weight excluding hydrogens is 1660 g/mol. The lowest BCUT2D eigenvalue weighted by atomic mass is 9.99. The molecule has 132 heavy (non-hydrogen) atoms. The van der Waals surface area contributed by atoms with E-state index in [1.165, 1.54) is 41.2 Å². The van der Waals surface area contributed by atoms with Crippen molar-refractivity contribution >= 4 is 151 Å². The highest BCUT2D eigenvalue weighted by molar-refractivity contribution is 7.27. The van der Waals surface area contributed by atoms with Gasteiger partial charge >= 0.3 is 0 Å². The number of furan rings is 4. The highest BCUT2D eigenvalue weighted by atomic mass is 32.1. The number of para-hydroxylation sites is 8. The van der Waals surface area contributed by atoms with E-state index >= 15 is 0 Å². The zero-order valence-corrected chi connectivity index (χ0v) is 71.9. The van der Waals surface area contributed by atoms with Crippen LogP contribution in [0.5, 0.6) is 0 Å². The molecule has 0 unspecified atom stereocenters. The molecule has 9 heterocycles. The van der Waals surface area contributed by atoms with E-state index in [-0.39, 0.29) is 0 Å². The van der Waals surface area contributed by atoms with Crippen LogP contribution >= 0.6 is 22.7 Å². The summed E-state index contributed by atoms with van der Waals surface area (Å²) in [6.07, 6.45) is 0. The van der Waals surface area contributed by atoms with Crippen LogP contribution in [0.2, 0.25) is 0 Å². The van der Waals surface area contributed by atoms with Gasteiger partial charge in [0.25, 0.3) is 0 Å². The Labute approximate surface area is 762 Å². The van der Waals surface area contributed by atoms with Gasteiger partial charge in [0.1, 0.15) is 44.7 Å². The molecule has 9 aromatic heterocycles. The largest absolute Gasteiger partial charge is 0.455 e. The quantitative estimate of drug-likeness (QED) is 0.113. The number of hydrogen-bond acceptors (Lipinski definition) is 15. The maximum absolute atomic E-state index is 6.84. The predicted octanol–water partition coefficient (Wildman–Crippen LogP) is 32.0. The van der Waals surface area contributed by atoms with Crippen LogP contribution < -0.4 is 0 Å². The van der Waals surface area contributed by atoms with Crippen molar-refractivity contribution in [1.29, 1.82) is 0 Å². The van der Waals surface area contributed by atoms with Crippen molar-refractivity contribution in [3.63, 3.8) is 0 Å². The highest BCUT2D eigenvalue weighted by Crippen LogP contribution is 2.50. The van der Waals surface area contributed by atoms with Crippen molar-refractivity contribution < 1.29 is 17.7 Å². The Balaban J connectivity index is 0.000000106. The molecule has 618 valence electrons. The highest BCUT2D eigenvalue weighted by Gasteiger charge is 2.27. The maximum Gasteiger partial charge on any atom is 0.167 e.